The Balaban J connectivity index is 1.60. The van der Waals surface area contributed by atoms with Crippen LogP contribution >= 0.6 is 0 Å². The Bertz CT molecular complexity index is 1100. The van der Waals surface area contributed by atoms with Gasteiger partial charge in [-0.15, -0.1) is 15.3 Å². The Labute approximate surface area is 168 Å². The normalized spacial score (nSPS) is 11.2. The number of nitrogens with zero attached hydrogens (tertiary/aromatic N) is 6. The van der Waals surface area contributed by atoms with E-state index in [0.29, 0.717) is 18.4 Å². The Hall–Kier alpha value is -3.81. The molecule has 0 saturated carbocycles. The molecule has 4 aromatic rings. The highest BCUT2D eigenvalue weighted by Crippen LogP contribution is 2.29. The quantitative estimate of drug-likeness (QED) is 0.521. The number of H-pyrrole nitrogens is 1. The van der Waals surface area contributed by atoms with Crippen LogP contribution in [-0.2, 0) is 6.54 Å². The minimum Gasteiger partial charge on any atom is -0.466 e. The first-order chi connectivity index (χ1) is 14.3. The fourth-order valence-corrected chi connectivity index (χ4v) is 3.05. The summed E-state index contributed by atoms with van der Waals surface area (Å²) in [5.41, 5.74) is 4.18. The second kappa shape index (κ2) is 8.47. The van der Waals surface area contributed by atoms with Crippen LogP contribution in [0.15, 0.2) is 54.6 Å². The molecule has 0 spiro atoms. The molecule has 0 amide bonds. The Morgan fingerprint density at radius 2 is 1.86 bits per heavy atom. The third kappa shape index (κ3) is 4.06. The molecule has 0 bridgehead atoms. The summed E-state index contributed by atoms with van der Waals surface area (Å²) in [4.78, 5) is 4.39. The number of methoxy groups -OCH3 is 1. The van der Waals surface area contributed by atoms with Crippen molar-refractivity contribution in [2.24, 2.45) is 0 Å². The number of hydrogen-bond acceptors (Lipinski definition) is 6. The summed E-state index contributed by atoms with van der Waals surface area (Å²) in [6.07, 6.45) is 4.95. The van der Waals surface area contributed by atoms with Gasteiger partial charge in [0.1, 0.15) is 0 Å². The van der Waals surface area contributed by atoms with Crippen molar-refractivity contribution in [3.8, 4) is 28.5 Å². The lowest BCUT2D eigenvalue weighted by atomic mass is 9.98. The number of ether oxygens (including phenoxy) is 1. The fourth-order valence-electron chi connectivity index (χ4n) is 3.05. The minimum absolute atomic E-state index is 0.367. The average Bonchev–Trinajstić information content (AvgIpc) is 3.43. The summed E-state index contributed by atoms with van der Waals surface area (Å²) in [6.45, 7) is 2.69. The van der Waals surface area contributed by atoms with Crippen molar-refractivity contribution >= 4 is 6.08 Å². The maximum absolute atomic E-state index is 5.18. The monoisotopic (exact) mass is 387 g/mol. The van der Waals surface area contributed by atoms with Crippen molar-refractivity contribution in [1.29, 1.82) is 0 Å². The summed E-state index contributed by atoms with van der Waals surface area (Å²) < 4.78 is 7.02. The molecule has 0 atom stereocenters. The lowest BCUT2D eigenvalue weighted by Gasteiger charge is -2.08. The Morgan fingerprint density at radius 1 is 1.07 bits per heavy atom. The topological polar surface area (TPSA) is 94.4 Å². The van der Waals surface area contributed by atoms with Crippen molar-refractivity contribution in [1.82, 2.24) is 35.4 Å². The second-order valence-electron chi connectivity index (χ2n) is 6.40. The number of allylic oxidation sites excluding steroid dienone is 1. The predicted molar refractivity (Wildman–Crippen MR) is 110 cm³/mol. The van der Waals surface area contributed by atoms with Crippen LogP contribution in [0, 0.1) is 0 Å². The van der Waals surface area contributed by atoms with Crippen molar-refractivity contribution in [3.05, 3.63) is 66.0 Å². The van der Waals surface area contributed by atoms with Crippen LogP contribution in [0.2, 0.25) is 0 Å². The van der Waals surface area contributed by atoms with Gasteiger partial charge in [0.25, 0.3) is 0 Å². The summed E-state index contributed by atoms with van der Waals surface area (Å²) in [5.74, 6) is 1.35. The molecule has 2 heterocycles. The zero-order valence-electron chi connectivity index (χ0n) is 16.3. The number of aromatic amines is 1. The molecule has 8 nitrogen and oxygen atoms in total. The predicted octanol–water partition coefficient (Wildman–Crippen LogP) is 3.61. The molecule has 2 aromatic heterocycles. The van der Waals surface area contributed by atoms with Gasteiger partial charge in [-0.1, -0.05) is 61.5 Å². The van der Waals surface area contributed by atoms with Crippen molar-refractivity contribution < 1.29 is 4.74 Å². The molecule has 1 N–H and O–H groups in total. The molecule has 0 aliphatic heterocycles. The summed E-state index contributed by atoms with van der Waals surface area (Å²) in [6, 6.07) is 16.7. The molecule has 0 aliphatic rings. The first-order valence-electron chi connectivity index (χ1n) is 9.36. The van der Waals surface area contributed by atoms with Gasteiger partial charge in [0, 0.05) is 5.56 Å². The molecule has 8 heteroatoms. The van der Waals surface area contributed by atoms with E-state index in [1.165, 1.54) is 0 Å². The van der Waals surface area contributed by atoms with Gasteiger partial charge < -0.3 is 4.74 Å². The molecule has 0 saturated heterocycles. The first kappa shape index (κ1) is 18.5. The molecule has 4 rings (SSSR count). The van der Waals surface area contributed by atoms with Crippen LogP contribution in [0.5, 0.6) is 6.01 Å². The lowest BCUT2D eigenvalue weighted by Crippen LogP contribution is -2.04. The highest BCUT2D eigenvalue weighted by molar-refractivity contribution is 5.80. The van der Waals surface area contributed by atoms with Gasteiger partial charge in [-0.25, -0.2) is 4.68 Å². The second-order valence-corrected chi connectivity index (χ2v) is 6.40. The van der Waals surface area contributed by atoms with Crippen LogP contribution in [0.4, 0.5) is 0 Å². The zero-order valence-corrected chi connectivity index (χ0v) is 16.3. The van der Waals surface area contributed by atoms with Crippen LogP contribution in [0.1, 0.15) is 24.7 Å². The summed E-state index contributed by atoms with van der Waals surface area (Å²) in [7, 11) is 1.57. The van der Waals surface area contributed by atoms with Crippen LogP contribution < -0.4 is 4.74 Å². The SMILES string of the molecule is CC/C=C/c1nc(OC)nn1Cc1ccc(-c2ccccc2-c2nn[nH]n2)cc1. The van der Waals surface area contributed by atoms with Crippen LogP contribution in [0.25, 0.3) is 28.6 Å². The molecule has 0 radical (unpaired) electrons. The van der Waals surface area contributed by atoms with E-state index in [0.717, 1.165) is 34.5 Å². The number of rotatable bonds is 7. The molecule has 146 valence electrons. The van der Waals surface area contributed by atoms with Crippen molar-refractivity contribution in [3.63, 3.8) is 0 Å². The van der Waals surface area contributed by atoms with Crippen molar-refractivity contribution in [2.45, 2.75) is 19.9 Å². The van der Waals surface area contributed by atoms with Gasteiger partial charge in [0.15, 0.2) is 5.82 Å². The molecule has 29 heavy (non-hydrogen) atoms. The molecule has 0 fully saturated rings. The highest BCUT2D eigenvalue weighted by atomic mass is 16.5. The number of tetrazole rings is 1. The van der Waals surface area contributed by atoms with Gasteiger partial charge in [-0.3, -0.25) is 0 Å². The van der Waals surface area contributed by atoms with Crippen molar-refractivity contribution in [2.75, 3.05) is 7.11 Å². The van der Waals surface area contributed by atoms with E-state index in [-0.39, 0.29) is 0 Å². The van der Waals surface area contributed by atoms with Gasteiger partial charge >= 0.3 is 6.01 Å². The third-order valence-electron chi connectivity index (χ3n) is 4.48. The minimum atomic E-state index is 0.367. The maximum Gasteiger partial charge on any atom is 0.335 e. The van der Waals surface area contributed by atoms with Gasteiger partial charge in [0.05, 0.1) is 13.7 Å². The van der Waals surface area contributed by atoms with Crippen LogP contribution in [0.3, 0.4) is 0 Å². The average molecular weight is 387 g/mol. The van der Waals surface area contributed by atoms with E-state index in [2.05, 4.69) is 74.0 Å². The smallest absolute Gasteiger partial charge is 0.335 e. The molecule has 0 unspecified atom stereocenters. The Kier molecular flexibility index (Phi) is 5.42. The number of hydrogen-bond donors (Lipinski definition) is 1. The maximum atomic E-state index is 5.18. The standard InChI is InChI=1S/C21H21N7O/c1-3-4-9-19-22-21(29-2)25-28(19)14-15-10-12-16(13-11-15)17-7-5-6-8-18(17)20-23-26-27-24-20/h4-13H,3,14H2,1-2H3,(H,23,24,26,27)/b9-4+. The Morgan fingerprint density at radius 3 is 2.55 bits per heavy atom. The van der Waals surface area contributed by atoms with Gasteiger partial charge in [-0.2, -0.15) is 10.2 Å². The highest BCUT2D eigenvalue weighted by Gasteiger charge is 2.12. The van der Waals surface area contributed by atoms with E-state index < -0.39 is 0 Å². The fraction of sp³-hybridized carbons (Fsp3) is 0.190. The molecular formula is C21H21N7O. The van der Waals surface area contributed by atoms with E-state index >= 15 is 0 Å². The summed E-state index contributed by atoms with van der Waals surface area (Å²) >= 11 is 0. The first-order valence-corrected chi connectivity index (χ1v) is 9.36. The number of benzene rings is 2. The van der Waals surface area contributed by atoms with Gasteiger partial charge in [-0.05, 0) is 34.4 Å². The van der Waals surface area contributed by atoms with E-state index in [9.17, 15) is 0 Å². The number of nitrogens with one attached hydrogen (secondary N) is 1. The molecular weight excluding hydrogens is 366 g/mol. The zero-order chi connectivity index (χ0) is 20.1. The van der Waals surface area contributed by atoms with E-state index in [1.54, 1.807) is 7.11 Å². The third-order valence-corrected chi connectivity index (χ3v) is 4.48. The van der Waals surface area contributed by atoms with E-state index in [4.69, 9.17) is 4.74 Å². The lowest BCUT2D eigenvalue weighted by molar-refractivity contribution is 0.377. The molecule has 2 aromatic carbocycles. The van der Waals surface area contributed by atoms with Gasteiger partial charge in [0.2, 0.25) is 5.82 Å². The number of aromatic nitrogens is 7. The van der Waals surface area contributed by atoms with E-state index in [1.807, 2.05) is 29.0 Å². The largest absolute Gasteiger partial charge is 0.466 e. The van der Waals surface area contributed by atoms with Crippen LogP contribution in [-0.4, -0.2) is 42.5 Å². The summed E-state index contributed by atoms with van der Waals surface area (Å²) in [5, 5.41) is 18.8. The molecule has 0 aliphatic carbocycles.